The van der Waals surface area contributed by atoms with Gasteiger partial charge in [-0.25, -0.2) is 0 Å². The van der Waals surface area contributed by atoms with E-state index >= 15 is 0 Å². The highest BCUT2D eigenvalue weighted by Crippen LogP contribution is 1.91. The second kappa shape index (κ2) is 3.09. The molecule has 0 rings (SSSR count). The van der Waals surface area contributed by atoms with Gasteiger partial charge < -0.3 is 5.73 Å². The monoisotopic (exact) mass is 90.1 g/mol. The molecule has 1 nitrogen and oxygen atoms in total. The van der Waals surface area contributed by atoms with Gasteiger partial charge in [-0.2, -0.15) is 0 Å². The highest BCUT2D eigenvalue weighted by atomic mass is 19.1. The number of alkyl halides is 1. The van der Waals surface area contributed by atoms with Crippen LogP contribution in [0.25, 0.3) is 0 Å². The topological polar surface area (TPSA) is 26.0 Å². The Balaban J connectivity index is 2.75. The van der Waals surface area contributed by atoms with E-state index in [-0.39, 0.29) is 6.67 Å². The van der Waals surface area contributed by atoms with Crippen molar-refractivity contribution in [2.24, 2.45) is 5.73 Å². The molecule has 0 amide bonds. The molecular weight excluding hydrogens is 81.0 g/mol. The Labute approximate surface area is 37.3 Å². The van der Waals surface area contributed by atoms with Crippen LogP contribution in [0.1, 0.15) is 6.92 Å². The molecule has 0 bridgehead atoms. The lowest BCUT2D eigenvalue weighted by Gasteiger charge is -1.95. The minimum absolute atomic E-state index is 0.372. The molecule has 0 heterocycles. The number of halogens is 1. The zero-order valence-electron chi connectivity index (χ0n) is 3.87. The minimum Gasteiger partial charge on any atom is -0.330 e. The smallest absolute Gasteiger partial charge is 0.0966 e. The molecule has 1 radical (unpaired) electrons. The Bertz CT molecular complexity index is 26.7. The molecule has 0 atom stereocenters. The summed E-state index contributed by atoms with van der Waals surface area (Å²) in [6, 6.07) is 0. The van der Waals surface area contributed by atoms with E-state index in [9.17, 15) is 4.39 Å². The Morgan fingerprint density at radius 1 is 1.83 bits per heavy atom. The van der Waals surface area contributed by atoms with Crippen LogP contribution in [0.4, 0.5) is 4.39 Å². The predicted octanol–water partition coefficient (Wildman–Crippen LogP) is 0.509. The van der Waals surface area contributed by atoms with E-state index in [1.807, 2.05) is 0 Å². The largest absolute Gasteiger partial charge is 0.330 e. The number of rotatable bonds is 2. The van der Waals surface area contributed by atoms with Crippen LogP contribution >= 0.6 is 0 Å². The molecule has 0 aromatic rings. The summed E-state index contributed by atoms with van der Waals surface area (Å²) in [6.07, 6.45) is 0. The van der Waals surface area contributed by atoms with Gasteiger partial charge in [-0.1, -0.05) is 6.92 Å². The van der Waals surface area contributed by atoms with Gasteiger partial charge in [0.15, 0.2) is 0 Å². The molecular formula is C4H9FN. The molecule has 0 saturated heterocycles. The van der Waals surface area contributed by atoms with Crippen LogP contribution in [-0.2, 0) is 0 Å². The fourth-order valence-corrected chi connectivity index (χ4v) is 0.0546. The maximum atomic E-state index is 11.3. The third-order valence-electron chi connectivity index (χ3n) is 0.577. The molecule has 0 aromatic carbocycles. The first kappa shape index (κ1) is 5.89. The highest BCUT2D eigenvalue weighted by Gasteiger charge is 1.93. The molecule has 0 aliphatic rings. The summed E-state index contributed by atoms with van der Waals surface area (Å²) in [5.41, 5.74) is 5.01. The summed E-state index contributed by atoms with van der Waals surface area (Å²) >= 11 is 0. The van der Waals surface area contributed by atoms with E-state index in [1.165, 1.54) is 0 Å². The molecule has 6 heavy (non-hydrogen) atoms. The fourth-order valence-electron chi connectivity index (χ4n) is 0.0546. The van der Waals surface area contributed by atoms with Gasteiger partial charge in [0.05, 0.1) is 6.67 Å². The van der Waals surface area contributed by atoms with Crippen molar-refractivity contribution in [3.05, 3.63) is 5.92 Å². The van der Waals surface area contributed by atoms with Gasteiger partial charge in [-0.3, -0.25) is 4.39 Å². The minimum atomic E-state index is -0.378. The van der Waals surface area contributed by atoms with E-state index in [2.05, 4.69) is 0 Å². The molecule has 0 aliphatic carbocycles. The molecule has 0 aromatic heterocycles. The second-order valence-electron chi connectivity index (χ2n) is 1.29. The number of hydrogen-bond donors (Lipinski definition) is 1. The van der Waals surface area contributed by atoms with Crippen LogP contribution in [-0.4, -0.2) is 13.2 Å². The summed E-state index contributed by atoms with van der Waals surface area (Å²) in [4.78, 5) is 0. The van der Waals surface area contributed by atoms with Crippen molar-refractivity contribution in [2.75, 3.05) is 13.2 Å². The Hall–Kier alpha value is -0.110. The summed E-state index contributed by atoms with van der Waals surface area (Å²) in [5, 5.41) is 0. The van der Waals surface area contributed by atoms with Crippen molar-refractivity contribution in [1.82, 2.24) is 0 Å². The molecule has 0 aliphatic heterocycles. The number of nitrogens with two attached hydrogens (primary N) is 1. The van der Waals surface area contributed by atoms with E-state index in [0.717, 1.165) is 0 Å². The van der Waals surface area contributed by atoms with Crippen molar-refractivity contribution < 1.29 is 4.39 Å². The first-order valence-electron chi connectivity index (χ1n) is 1.88. The maximum Gasteiger partial charge on any atom is 0.0966 e. The van der Waals surface area contributed by atoms with Gasteiger partial charge in [-0.15, -0.1) is 0 Å². The SMILES string of the molecule is C[C](CN)CF. The van der Waals surface area contributed by atoms with E-state index in [0.29, 0.717) is 12.5 Å². The van der Waals surface area contributed by atoms with Crippen molar-refractivity contribution in [3.63, 3.8) is 0 Å². The van der Waals surface area contributed by atoms with E-state index < -0.39 is 0 Å². The molecule has 2 heteroatoms. The van der Waals surface area contributed by atoms with Crippen molar-refractivity contribution in [2.45, 2.75) is 6.92 Å². The van der Waals surface area contributed by atoms with E-state index in [1.54, 1.807) is 6.92 Å². The average Bonchev–Trinajstić information content (AvgIpc) is 1.65. The van der Waals surface area contributed by atoms with Gasteiger partial charge >= 0.3 is 0 Å². The van der Waals surface area contributed by atoms with Gasteiger partial charge in [0, 0.05) is 12.5 Å². The summed E-state index contributed by atoms with van der Waals surface area (Å²) < 4.78 is 11.3. The second-order valence-corrected chi connectivity index (χ2v) is 1.29. The fraction of sp³-hybridized carbons (Fsp3) is 0.750. The van der Waals surface area contributed by atoms with Gasteiger partial charge in [0.2, 0.25) is 0 Å². The molecule has 0 saturated carbocycles. The Morgan fingerprint density at radius 3 is 2.33 bits per heavy atom. The summed E-state index contributed by atoms with van der Waals surface area (Å²) in [7, 11) is 0. The molecule has 0 spiro atoms. The van der Waals surface area contributed by atoms with E-state index in [4.69, 9.17) is 5.73 Å². The predicted molar refractivity (Wildman–Crippen MR) is 23.9 cm³/mol. The highest BCUT2D eigenvalue weighted by molar-refractivity contribution is 4.83. The van der Waals surface area contributed by atoms with Crippen LogP contribution in [0, 0.1) is 5.92 Å². The van der Waals surface area contributed by atoms with Gasteiger partial charge in [0.25, 0.3) is 0 Å². The first-order valence-corrected chi connectivity index (χ1v) is 1.88. The number of hydrogen-bond acceptors (Lipinski definition) is 1. The van der Waals surface area contributed by atoms with Crippen LogP contribution in [0.2, 0.25) is 0 Å². The molecule has 37 valence electrons. The van der Waals surface area contributed by atoms with Crippen LogP contribution < -0.4 is 5.73 Å². The third kappa shape index (κ3) is 2.15. The van der Waals surface area contributed by atoms with Gasteiger partial charge in [-0.05, 0) is 0 Å². The quantitative estimate of drug-likeness (QED) is 0.525. The maximum absolute atomic E-state index is 11.3. The lowest BCUT2D eigenvalue weighted by atomic mass is 10.2. The van der Waals surface area contributed by atoms with Gasteiger partial charge in [0.1, 0.15) is 0 Å². The first-order chi connectivity index (χ1) is 2.81. The van der Waals surface area contributed by atoms with Crippen molar-refractivity contribution in [3.8, 4) is 0 Å². The van der Waals surface area contributed by atoms with Crippen LogP contribution in [0.5, 0.6) is 0 Å². The third-order valence-corrected chi connectivity index (χ3v) is 0.577. The van der Waals surface area contributed by atoms with Crippen LogP contribution in [0.15, 0.2) is 0 Å². The summed E-state index contributed by atoms with van der Waals surface area (Å²) in [6.45, 7) is 1.69. The lowest BCUT2D eigenvalue weighted by molar-refractivity contribution is 0.501. The average molecular weight is 90.1 g/mol. The Kier molecular flexibility index (Phi) is 3.04. The van der Waals surface area contributed by atoms with Crippen molar-refractivity contribution in [1.29, 1.82) is 0 Å². The normalized spacial score (nSPS) is 10.0. The van der Waals surface area contributed by atoms with Crippen LogP contribution in [0.3, 0.4) is 0 Å². The standard InChI is InChI=1S/C4H9FN/c1-4(2-5)3-6/h2-3,6H2,1H3. The van der Waals surface area contributed by atoms with Crippen molar-refractivity contribution >= 4 is 0 Å². The molecule has 0 unspecified atom stereocenters. The summed E-state index contributed by atoms with van der Waals surface area (Å²) in [5.74, 6) is 0.704. The lowest BCUT2D eigenvalue weighted by Crippen LogP contribution is -2.09. The molecule has 0 fully saturated rings. The Morgan fingerprint density at radius 2 is 2.33 bits per heavy atom. The molecule has 2 N–H and O–H groups in total. The zero-order valence-corrected chi connectivity index (χ0v) is 3.87. The zero-order chi connectivity index (χ0) is 4.99.